The predicted octanol–water partition coefficient (Wildman–Crippen LogP) is 15.0. The first-order valence-electron chi connectivity index (χ1n) is 25.2. The third-order valence-electron chi connectivity index (χ3n) is 11.2. The molecule has 1 amide bonds. The van der Waals surface area contributed by atoms with E-state index < -0.39 is 18.2 Å². The fourth-order valence-electron chi connectivity index (χ4n) is 7.41. The van der Waals surface area contributed by atoms with Crippen LogP contribution in [0.25, 0.3) is 0 Å². The Labute approximate surface area is 371 Å². The Kier molecular flexibility index (Phi) is 45.2. The van der Waals surface area contributed by atoms with Crippen molar-refractivity contribution in [2.24, 2.45) is 0 Å². The van der Waals surface area contributed by atoms with Gasteiger partial charge in [-0.3, -0.25) is 9.59 Å². The van der Waals surface area contributed by atoms with Crippen LogP contribution in [0.3, 0.4) is 0 Å². The van der Waals surface area contributed by atoms with Gasteiger partial charge in [0.25, 0.3) is 0 Å². The Hall–Kier alpha value is -2.70. The minimum atomic E-state index is -0.808. The number of rotatable bonds is 44. The van der Waals surface area contributed by atoms with Crippen molar-refractivity contribution in [1.29, 1.82) is 0 Å². The van der Waals surface area contributed by atoms with Crippen LogP contribution in [0.5, 0.6) is 0 Å². The number of ether oxygens (including phenoxy) is 1. The number of unbranched alkanes of at least 4 members (excludes halogenated alkanes) is 25. The van der Waals surface area contributed by atoms with Crippen molar-refractivity contribution in [3.05, 3.63) is 72.9 Å². The summed E-state index contributed by atoms with van der Waals surface area (Å²) in [5, 5.41) is 23.7. The summed E-state index contributed by atoms with van der Waals surface area (Å²) in [7, 11) is 0. The number of hydrogen-bond donors (Lipinski definition) is 3. The number of allylic oxidation sites excluding steroid dienone is 12. The molecule has 0 rings (SSSR count). The number of carbonyl (C=O) groups excluding carboxylic acids is 2. The molecule has 60 heavy (non-hydrogen) atoms. The molecule has 0 aromatic carbocycles. The molecule has 0 heterocycles. The van der Waals surface area contributed by atoms with Crippen LogP contribution in [0.15, 0.2) is 72.9 Å². The molecule has 0 saturated carbocycles. The quantitative estimate of drug-likeness (QED) is 0.0323. The molecule has 0 aliphatic carbocycles. The molecule has 3 unspecified atom stereocenters. The highest BCUT2D eigenvalue weighted by molar-refractivity contribution is 5.77. The third-order valence-corrected chi connectivity index (χ3v) is 11.2. The summed E-state index contributed by atoms with van der Waals surface area (Å²) in [6, 6.07) is -0.726. The average molecular weight is 838 g/mol. The zero-order valence-corrected chi connectivity index (χ0v) is 39.3. The molecule has 0 aliphatic rings. The number of hydrogen-bond acceptors (Lipinski definition) is 5. The predicted molar refractivity (Wildman–Crippen MR) is 259 cm³/mol. The Morgan fingerprint density at radius 1 is 0.500 bits per heavy atom. The van der Waals surface area contributed by atoms with Gasteiger partial charge in [0.1, 0.15) is 6.10 Å². The molecule has 0 fully saturated rings. The minimum absolute atomic E-state index is 0.0261. The third kappa shape index (κ3) is 42.0. The van der Waals surface area contributed by atoms with E-state index in [0.29, 0.717) is 19.3 Å². The van der Waals surface area contributed by atoms with Crippen LogP contribution in [0.4, 0.5) is 0 Å². The number of aliphatic hydroxyl groups excluding tert-OH is 2. The summed E-state index contributed by atoms with van der Waals surface area (Å²) in [5.74, 6) is -0.547. The number of carbonyl (C=O) groups is 2. The van der Waals surface area contributed by atoms with Crippen LogP contribution in [0.1, 0.15) is 233 Å². The van der Waals surface area contributed by atoms with Gasteiger partial charge in [-0.1, -0.05) is 254 Å². The summed E-state index contributed by atoms with van der Waals surface area (Å²) in [4.78, 5) is 26.1. The van der Waals surface area contributed by atoms with Crippen LogP contribution < -0.4 is 5.32 Å². The first-order chi connectivity index (χ1) is 29.5. The highest BCUT2D eigenvalue weighted by Crippen LogP contribution is 2.17. The van der Waals surface area contributed by atoms with E-state index in [0.717, 1.165) is 57.8 Å². The van der Waals surface area contributed by atoms with Crippen LogP contribution in [-0.4, -0.2) is 46.9 Å². The molecule has 6 nitrogen and oxygen atoms in total. The van der Waals surface area contributed by atoms with Gasteiger partial charge in [-0.05, 0) is 38.5 Å². The second-order valence-corrected chi connectivity index (χ2v) is 17.0. The largest absolute Gasteiger partial charge is 0.462 e. The maximum atomic E-state index is 13.2. The number of nitrogens with one attached hydrogen (secondary N) is 1. The smallest absolute Gasteiger partial charge is 0.306 e. The highest BCUT2D eigenvalue weighted by atomic mass is 16.5. The summed E-state index contributed by atoms with van der Waals surface area (Å²) in [6.07, 6.45) is 59.6. The fourth-order valence-corrected chi connectivity index (χ4v) is 7.41. The van der Waals surface area contributed by atoms with Gasteiger partial charge in [0.05, 0.1) is 25.2 Å². The molecule has 3 atom stereocenters. The van der Waals surface area contributed by atoms with E-state index in [1.54, 1.807) is 0 Å². The van der Waals surface area contributed by atoms with Crippen molar-refractivity contribution in [3.63, 3.8) is 0 Å². The topological polar surface area (TPSA) is 95.9 Å². The maximum absolute atomic E-state index is 13.2. The first kappa shape index (κ1) is 57.3. The van der Waals surface area contributed by atoms with Crippen molar-refractivity contribution in [2.45, 2.75) is 251 Å². The van der Waals surface area contributed by atoms with Crippen LogP contribution >= 0.6 is 0 Å². The van der Waals surface area contributed by atoms with Gasteiger partial charge in [0.2, 0.25) is 5.91 Å². The number of aliphatic hydroxyl groups is 2. The van der Waals surface area contributed by atoms with E-state index in [4.69, 9.17) is 4.74 Å². The summed E-state index contributed by atoms with van der Waals surface area (Å²) < 4.78 is 5.89. The molecule has 0 aliphatic heterocycles. The van der Waals surface area contributed by atoms with Gasteiger partial charge in [0, 0.05) is 6.42 Å². The van der Waals surface area contributed by atoms with Gasteiger partial charge in [-0.2, -0.15) is 0 Å². The van der Waals surface area contributed by atoms with Crippen LogP contribution in [-0.2, 0) is 14.3 Å². The van der Waals surface area contributed by atoms with Gasteiger partial charge < -0.3 is 20.3 Å². The maximum Gasteiger partial charge on any atom is 0.306 e. The normalized spacial score (nSPS) is 13.9. The van der Waals surface area contributed by atoms with E-state index >= 15 is 0 Å². The van der Waals surface area contributed by atoms with Gasteiger partial charge in [0.15, 0.2) is 0 Å². The molecular weight excluding hydrogens is 743 g/mol. The lowest BCUT2D eigenvalue weighted by molar-refractivity contribution is -0.151. The molecule has 3 N–H and O–H groups in total. The average Bonchev–Trinajstić information content (AvgIpc) is 3.24. The highest BCUT2D eigenvalue weighted by Gasteiger charge is 2.24. The second-order valence-electron chi connectivity index (χ2n) is 17.0. The molecule has 0 spiro atoms. The van der Waals surface area contributed by atoms with Crippen molar-refractivity contribution in [2.75, 3.05) is 6.61 Å². The fraction of sp³-hybridized carbons (Fsp3) is 0.741. The Balaban J connectivity index is 4.72. The number of amides is 1. The van der Waals surface area contributed by atoms with E-state index in [1.807, 2.05) is 60.8 Å². The lowest BCUT2D eigenvalue weighted by Gasteiger charge is -2.24. The van der Waals surface area contributed by atoms with Crippen molar-refractivity contribution < 1.29 is 24.5 Å². The zero-order valence-electron chi connectivity index (χ0n) is 39.3. The Morgan fingerprint density at radius 3 is 1.33 bits per heavy atom. The van der Waals surface area contributed by atoms with Crippen molar-refractivity contribution in [1.82, 2.24) is 5.32 Å². The summed E-state index contributed by atoms with van der Waals surface area (Å²) >= 11 is 0. The molecule has 0 radical (unpaired) electrons. The second kappa shape index (κ2) is 47.4. The van der Waals surface area contributed by atoms with Gasteiger partial charge >= 0.3 is 5.97 Å². The van der Waals surface area contributed by atoms with Crippen molar-refractivity contribution >= 4 is 11.9 Å². The monoisotopic (exact) mass is 838 g/mol. The molecule has 0 bridgehead atoms. The number of esters is 1. The van der Waals surface area contributed by atoms with Gasteiger partial charge in [-0.25, -0.2) is 0 Å². The van der Waals surface area contributed by atoms with Gasteiger partial charge in [-0.15, -0.1) is 0 Å². The minimum Gasteiger partial charge on any atom is -0.462 e. The van der Waals surface area contributed by atoms with Crippen LogP contribution in [0, 0.1) is 0 Å². The Bertz CT molecular complexity index is 1120. The van der Waals surface area contributed by atoms with Crippen molar-refractivity contribution in [3.8, 4) is 0 Å². The first-order valence-corrected chi connectivity index (χ1v) is 25.2. The zero-order chi connectivity index (χ0) is 43.8. The molecule has 0 saturated heterocycles. The van der Waals surface area contributed by atoms with E-state index in [1.165, 1.54) is 128 Å². The van der Waals surface area contributed by atoms with E-state index in [9.17, 15) is 19.8 Å². The lowest BCUT2D eigenvalue weighted by Crippen LogP contribution is -2.46. The molecule has 346 valence electrons. The van der Waals surface area contributed by atoms with Crippen LogP contribution in [0.2, 0.25) is 0 Å². The lowest BCUT2D eigenvalue weighted by atomic mass is 10.0. The molecule has 6 heteroatoms. The Morgan fingerprint density at radius 2 is 0.900 bits per heavy atom. The SMILES string of the molecule is CC\C=C/C=C/C=C/C=C\C=C\C=C\CCCC(CC(=O)NC(CO)C(O)CCCCCCCCCCCCC)OC(=O)CCCCCCCCCCCCCCCCC. The standard InChI is InChI=1S/C54H95NO5/c1-4-7-10-13-16-19-22-24-26-28-31-33-36-39-42-45-50(60-54(59)47-44-41-38-35-32-29-27-25-23-20-17-14-11-8-5-2)48-53(58)55-51(49-56)52(57)46-43-40-37-34-30-21-18-15-12-9-6-3/h7,10,13,16,19,22,24,26,28,31,33,36,50-52,56-57H,4-6,8-9,11-12,14-15,17-18,20-21,23,25,27,29-30,32,34-35,37-49H2,1-3H3,(H,55,58)/b10-7-,16-13+,22-19+,26-24-,31-28+,36-33+. The summed E-state index contributed by atoms with van der Waals surface area (Å²) in [5.41, 5.74) is 0. The molecule has 0 aromatic heterocycles. The molecule has 0 aromatic rings. The van der Waals surface area contributed by atoms with E-state index in [-0.39, 0.29) is 24.9 Å². The molecular formula is C54H95NO5. The van der Waals surface area contributed by atoms with E-state index in [2.05, 4.69) is 38.2 Å². The summed E-state index contributed by atoms with van der Waals surface area (Å²) in [6.45, 7) is 6.31.